The summed E-state index contributed by atoms with van der Waals surface area (Å²) in [7, 11) is 3.81. The molecule has 1 aromatic rings. The van der Waals surface area contributed by atoms with Gasteiger partial charge in [0.15, 0.2) is 0 Å². The van der Waals surface area contributed by atoms with Crippen molar-refractivity contribution in [3.8, 4) is 5.75 Å². The van der Waals surface area contributed by atoms with Crippen molar-refractivity contribution in [3.63, 3.8) is 0 Å². The fourth-order valence-corrected chi connectivity index (χ4v) is 3.22. The van der Waals surface area contributed by atoms with E-state index in [0.29, 0.717) is 6.04 Å². The minimum Gasteiger partial charge on any atom is -0.496 e. The third-order valence-electron chi connectivity index (χ3n) is 3.82. The number of anilines is 1. The lowest BCUT2D eigenvalue weighted by Gasteiger charge is -2.37. The predicted molar refractivity (Wildman–Crippen MR) is 79.3 cm³/mol. The van der Waals surface area contributed by atoms with Crippen LogP contribution in [0, 0.1) is 0 Å². The molecule has 1 saturated carbocycles. The van der Waals surface area contributed by atoms with Crippen LogP contribution in [0.2, 0.25) is 0 Å². The van der Waals surface area contributed by atoms with E-state index in [1.54, 1.807) is 7.11 Å². The van der Waals surface area contributed by atoms with Gasteiger partial charge in [-0.1, -0.05) is 12.8 Å². The Morgan fingerprint density at radius 2 is 2.06 bits per heavy atom. The van der Waals surface area contributed by atoms with Crippen LogP contribution in [0.25, 0.3) is 0 Å². The quantitative estimate of drug-likeness (QED) is 0.931. The van der Waals surface area contributed by atoms with Crippen LogP contribution in [0.15, 0.2) is 22.7 Å². The molecule has 0 saturated heterocycles. The number of nitrogens with two attached hydrogens (primary N) is 1. The summed E-state index contributed by atoms with van der Waals surface area (Å²) in [6.45, 7) is 0. The first kappa shape index (κ1) is 13.7. The minimum atomic E-state index is 0.282. The van der Waals surface area contributed by atoms with Crippen molar-refractivity contribution in [1.29, 1.82) is 0 Å². The van der Waals surface area contributed by atoms with E-state index >= 15 is 0 Å². The van der Waals surface area contributed by atoms with Crippen molar-refractivity contribution in [2.45, 2.75) is 37.8 Å². The maximum absolute atomic E-state index is 6.23. The molecule has 18 heavy (non-hydrogen) atoms. The average Bonchev–Trinajstić information content (AvgIpc) is 2.38. The van der Waals surface area contributed by atoms with Crippen LogP contribution >= 0.6 is 15.9 Å². The fraction of sp³-hybridized carbons (Fsp3) is 0.571. The molecule has 0 bridgehead atoms. The molecular weight excluding hydrogens is 292 g/mol. The van der Waals surface area contributed by atoms with Gasteiger partial charge in [0.25, 0.3) is 0 Å². The van der Waals surface area contributed by atoms with E-state index in [-0.39, 0.29) is 6.04 Å². The van der Waals surface area contributed by atoms with Gasteiger partial charge in [0.1, 0.15) is 5.75 Å². The highest BCUT2D eigenvalue weighted by Crippen LogP contribution is 2.32. The molecule has 2 N–H and O–H groups in total. The van der Waals surface area contributed by atoms with E-state index in [1.807, 2.05) is 6.07 Å². The molecule has 0 amide bonds. The van der Waals surface area contributed by atoms with Crippen LogP contribution in [0.3, 0.4) is 0 Å². The Labute approximate surface area is 117 Å². The second kappa shape index (κ2) is 5.93. The average molecular weight is 313 g/mol. The van der Waals surface area contributed by atoms with Gasteiger partial charge in [-0.05, 0) is 47.0 Å². The van der Waals surface area contributed by atoms with Gasteiger partial charge >= 0.3 is 0 Å². The van der Waals surface area contributed by atoms with Gasteiger partial charge in [0.05, 0.1) is 11.6 Å². The summed E-state index contributed by atoms with van der Waals surface area (Å²) >= 11 is 3.53. The van der Waals surface area contributed by atoms with Crippen LogP contribution in [-0.4, -0.2) is 26.2 Å². The van der Waals surface area contributed by atoms with Gasteiger partial charge in [-0.15, -0.1) is 0 Å². The normalized spacial score (nSPS) is 23.8. The number of likely N-dealkylation sites (N-methyl/N-ethyl adjacent to an activating group) is 1. The summed E-state index contributed by atoms with van der Waals surface area (Å²) in [5.41, 5.74) is 7.42. The molecule has 0 aliphatic heterocycles. The molecule has 3 nitrogen and oxygen atoms in total. The van der Waals surface area contributed by atoms with Crippen LogP contribution in [0.1, 0.15) is 25.7 Å². The number of benzene rings is 1. The second-order valence-corrected chi connectivity index (χ2v) is 5.80. The molecule has 0 aromatic heterocycles. The highest BCUT2D eigenvalue weighted by molar-refractivity contribution is 9.10. The molecule has 4 heteroatoms. The summed E-state index contributed by atoms with van der Waals surface area (Å²) in [5, 5.41) is 0. The number of hydrogen-bond donors (Lipinski definition) is 1. The maximum Gasteiger partial charge on any atom is 0.133 e. The molecular formula is C14H21BrN2O. The van der Waals surface area contributed by atoms with E-state index in [9.17, 15) is 0 Å². The largest absolute Gasteiger partial charge is 0.496 e. The molecule has 100 valence electrons. The molecule has 2 unspecified atom stereocenters. The zero-order valence-corrected chi connectivity index (χ0v) is 12.6. The summed E-state index contributed by atoms with van der Waals surface area (Å²) < 4.78 is 6.24. The van der Waals surface area contributed by atoms with Crippen molar-refractivity contribution in [1.82, 2.24) is 0 Å². The smallest absolute Gasteiger partial charge is 0.133 e. The molecule has 1 fully saturated rings. The van der Waals surface area contributed by atoms with Crippen LogP contribution in [0.4, 0.5) is 5.69 Å². The van der Waals surface area contributed by atoms with E-state index in [1.165, 1.54) is 24.9 Å². The van der Waals surface area contributed by atoms with E-state index in [2.05, 4.69) is 40.0 Å². The Balaban J connectivity index is 2.17. The number of rotatable bonds is 3. The van der Waals surface area contributed by atoms with Crippen molar-refractivity contribution >= 4 is 21.6 Å². The molecule has 1 aromatic carbocycles. The lowest BCUT2D eigenvalue weighted by Crippen LogP contribution is -2.48. The van der Waals surface area contributed by atoms with Crippen molar-refractivity contribution in [3.05, 3.63) is 22.7 Å². The Morgan fingerprint density at radius 3 is 2.67 bits per heavy atom. The van der Waals surface area contributed by atoms with E-state index in [0.717, 1.165) is 16.6 Å². The van der Waals surface area contributed by atoms with Crippen molar-refractivity contribution in [2.75, 3.05) is 19.1 Å². The number of methoxy groups -OCH3 is 1. The predicted octanol–water partition coefficient (Wildman–Crippen LogP) is 3.16. The van der Waals surface area contributed by atoms with Crippen molar-refractivity contribution in [2.24, 2.45) is 5.73 Å². The topological polar surface area (TPSA) is 38.5 Å². The number of hydrogen-bond acceptors (Lipinski definition) is 3. The first-order valence-electron chi connectivity index (χ1n) is 6.45. The monoisotopic (exact) mass is 312 g/mol. The SMILES string of the molecule is COc1ccc(N(C)C2CCCCC2N)cc1Br. The lowest BCUT2D eigenvalue weighted by molar-refractivity contribution is 0.373. The van der Waals surface area contributed by atoms with Crippen LogP contribution in [-0.2, 0) is 0 Å². The summed E-state index contributed by atoms with van der Waals surface area (Å²) in [4.78, 5) is 2.30. The third-order valence-corrected chi connectivity index (χ3v) is 4.44. The Hall–Kier alpha value is -0.740. The van der Waals surface area contributed by atoms with E-state index in [4.69, 9.17) is 10.5 Å². The molecule has 0 heterocycles. The molecule has 0 spiro atoms. The van der Waals surface area contributed by atoms with Crippen LogP contribution in [0.5, 0.6) is 5.75 Å². The van der Waals surface area contributed by atoms with Gasteiger partial charge in [-0.25, -0.2) is 0 Å². The Kier molecular flexibility index (Phi) is 4.51. The Morgan fingerprint density at radius 1 is 1.33 bits per heavy atom. The van der Waals surface area contributed by atoms with Gasteiger partial charge < -0.3 is 15.4 Å². The maximum atomic E-state index is 6.23. The lowest BCUT2D eigenvalue weighted by atomic mass is 9.90. The van der Waals surface area contributed by atoms with E-state index < -0.39 is 0 Å². The summed E-state index contributed by atoms with van der Waals surface area (Å²) in [6, 6.07) is 6.90. The standard InChI is InChI=1S/C14H21BrN2O/c1-17(13-6-4-3-5-12(13)16)10-7-8-14(18-2)11(15)9-10/h7-9,12-13H,3-6,16H2,1-2H3. The first-order chi connectivity index (χ1) is 8.63. The summed E-state index contributed by atoms with van der Waals surface area (Å²) in [6.07, 6.45) is 4.85. The fourth-order valence-electron chi connectivity index (χ4n) is 2.69. The van der Waals surface area contributed by atoms with Gasteiger partial charge in [-0.3, -0.25) is 0 Å². The highest BCUT2D eigenvalue weighted by Gasteiger charge is 2.25. The number of halogens is 1. The first-order valence-corrected chi connectivity index (χ1v) is 7.24. The zero-order valence-electron chi connectivity index (χ0n) is 11.0. The second-order valence-electron chi connectivity index (χ2n) is 4.95. The van der Waals surface area contributed by atoms with Gasteiger partial charge in [0, 0.05) is 24.8 Å². The van der Waals surface area contributed by atoms with Crippen molar-refractivity contribution < 1.29 is 4.74 Å². The zero-order chi connectivity index (χ0) is 13.1. The molecule has 1 aliphatic rings. The summed E-state index contributed by atoms with van der Waals surface area (Å²) in [5.74, 6) is 0.861. The molecule has 2 rings (SSSR count). The molecule has 1 aliphatic carbocycles. The third kappa shape index (κ3) is 2.81. The number of nitrogens with zero attached hydrogens (tertiary/aromatic N) is 1. The van der Waals surface area contributed by atoms with Crippen LogP contribution < -0.4 is 15.4 Å². The van der Waals surface area contributed by atoms with Gasteiger partial charge in [0.2, 0.25) is 0 Å². The van der Waals surface area contributed by atoms with Gasteiger partial charge in [-0.2, -0.15) is 0 Å². The molecule has 0 radical (unpaired) electrons. The molecule has 2 atom stereocenters. The highest BCUT2D eigenvalue weighted by atomic mass is 79.9. The number of ether oxygens (including phenoxy) is 1. The minimum absolute atomic E-state index is 0.282. The Bertz CT molecular complexity index is 411.